The molecule has 1 rings (SSSR count). The van der Waals surface area contributed by atoms with Crippen LogP contribution in [0.5, 0.6) is 0 Å². The molecule has 98 valence electrons. The van der Waals surface area contributed by atoms with Crippen LogP contribution < -0.4 is 10.9 Å². The molecule has 0 spiro atoms. The summed E-state index contributed by atoms with van der Waals surface area (Å²) in [6.45, 7) is 6.57. The number of halogens is 1. The maximum atomic E-state index is 11.9. The second-order valence-corrected chi connectivity index (χ2v) is 5.24. The number of hydrogen-bond donors (Lipinski definition) is 1. The molecular weight excluding hydrogens is 294 g/mol. The number of hydrogen-bond acceptors (Lipinski definition) is 3. The van der Waals surface area contributed by atoms with E-state index in [2.05, 4.69) is 53.0 Å². The van der Waals surface area contributed by atoms with Crippen LogP contribution in [0.2, 0.25) is 0 Å². The van der Waals surface area contributed by atoms with Gasteiger partial charge in [0.15, 0.2) is 0 Å². The zero-order chi connectivity index (χ0) is 13.7. The fraction of sp³-hybridized carbons (Fsp3) is 0.538. The molecule has 0 saturated heterocycles. The molecule has 0 saturated carbocycles. The number of nitrogens with one attached hydrogen (secondary N) is 1. The van der Waals surface area contributed by atoms with Crippen molar-refractivity contribution >= 4 is 21.6 Å². The summed E-state index contributed by atoms with van der Waals surface area (Å²) < 4.78 is 1.73. The van der Waals surface area contributed by atoms with Crippen LogP contribution in [-0.2, 0) is 6.54 Å². The second-order valence-electron chi connectivity index (χ2n) is 4.44. The average Bonchev–Trinajstić information content (AvgIpc) is 2.34. The van der Waals surface area contributed by atoms with E-state index in [0.717, 1.165) is 6.42 Å². The van der Waals surface area contributed by atoms with E-state index >= 15 is 0 Å². The lowest BCUT2D eigenvalue weighted by Crippen LogP contribution is -2.29. The molecule has 1 heterocycles. The molecule has 0 fully saturated rings. The number of aromatic nitrogens is 2. The van der Waals surface area contributed by atoms with Crippen molar-refractivity contribution < 1.29 is 0 Å². The van der Waals surface area contributed by atoms with Crippen LogP contribution >= 0.6 is 15.9 Å². The van der Waals surface area contributed by atoms with Gasteiger partial charge in [0.2, 0.25) is 0 Å². The summed E-state index contributed by atoms with van der Waals surface area (Å²) >= 11 is 3.30. The third-order valence-corrected chi connectivity index (χ3v) is 3.58. The Bertz CT molecular complexity index is 502. The maximum Gasteiger partial charge on any atom is 0.284 e. The average molecular weight is 312 g/mol. The molecule has 5 heteroatoms. The number of anilines is 1. The third-order valence-electron chi connectivity index (χ3n) is 2.81. The lowest BCUT2D eigenvalue weighted by Gasteiger charge is -2.22. The molecule has 0 radical (unpaired) electrons. The van der Waals surface area contributed by atoms with Crippen molar-refractivity contribution in [1.82, 2.24) is 9.78 Å². The molecule has 18 heavy (non-hydrogen) atoms. The molecule has 1 N–H and O–H groups in total. The summed E-state index contributed by atoms with van der Waals surface area (Å²) in [5.41, 5.74) is 0.505. The van der Waals surface area contributed by atoms with Crippen LogP contribution in [0.15, 0.2) is 15.5 Å². The molecular formula is C13H18BrN3O. The summed E-state index contributed by atoms with van der Waals surface area (Å²) in [6.07, 6.45) is 7.80. The minimum atomic E-state index is -0.212. The summed E-state index contributed by atoms with van der Waals surface area (Å²) in [6, 6.07) is 0.311. The van der Waals surface area contributed by atoms with E-state index in [9.17, 15) is 4.79 Å². The van der Waals surface area contributed by atoms with E-state index in [4.69, 9.17) is 6.42 Å². The van der Waals surface area contributed by atoms with E-state index in [-0.39, 0.29) is 12.1 Å². The minimum absolute atomic E-state index is 0.180. The van der Waals surface area contributed by atoms with Gasteiger partial charge in [-0.1, -0.05) is 26.7 Å². The fourth-order valence-electron chi connectivity index (χ4n) is 1.70. The van der Waals surface area contributed by atoms with Crippen molar-refractivity contribution in [2.45, 2.75) is 39.8 Å². The van der Waals surface area contributed by atoms with Gasteiger partial charge in [0.1, 0.15) is 11.0 Å². The van der Waals surface area contributed by atoms with E-state index in [1.807, 2.05) is 0 Å². The number of nitrogens with zero attached hydrogens (tertiary/aromatic N) is 2. The zero-order valence-electron chi connectivity index (χ0n) is 10.9. The first-order valence-corrected chi connectivity index (χ1v) is 6.76. The molecule has 0 amide bonds. The Morgan fingerprint density at radius 1 is 1.61 bits per heavy atom. The molecule has 1 aromatic heterocycles. The van der Waals surface area contributed by atoms with E-state index < -0.39 is 0 Å². The van der Waals surface area contributed by atoms with Crippen molar-refractivity contribution in [2.75, 3.05) is 5.32 Å². The highest BCUT2D eigenvalue weighted by molar-refractivity contribution is 9.10. The van der Waals surface area contributed by atoms with E-state index in [0.29, 0.717) is 22.1 Å². The van der Waals surface area contributed by atoms with Crippen molar-refractivity contribution in [3.05, 3.63) is 21.0 Å². The molecule has 1 atom stereocenters. The van der Waals surface area contributed by atoms with Gasteiger partial charge in [-0.05, 0) is 28.3 Å². The summed E-state index contributed by atoms with van der Waals surface area (Å²) in [5.74, 6) is 2.88. The standard InChI is InChI=1S/C13H18BrN3O/c1-5-7-17-13(18)12(14)11(8-15-17)16-10(6-2)9(3)4/h1,8-10,16H,6-7H2,2-4H3. The smallest absolute Gasteiger partial charge is 0.284 e. The Kier molecular flexibility index (Phi) is 5.42. The molecule has 0 aromatic carbocycles. The van der Waals surface area contributed by atoms with Gasteiger partial charge < -0.3 is 5.32 Å². The topological polar surface area (TPSA) is 46.9 Å². The lowest BCUT2D eigenvalue weighted by molar-refractivity contribution is 0.510. The molecule has 0 aliphatic heterocycles. The summed E-state index contributed by atoms with van der Waals surface area (Å²) in [4.78, 5) is 11.9. The highest BCUT2D eigenvalue weighted by Gasteiger charge is 2.14. The summed E-state index contributed by atoms with van der Waals surface area (Å²) in [7, 11) is 0. The predicted octanol–water partition coefficient (Wildman–Crippen LogP) is 2.49. The third kappa shape index (κ3) is 3.36. The molecule has 4 nitrogen and oxygen atoms in total. The number of terminal acetylenes is 1. The molecule has 0 aliphatic carbocycles. The first kappa shape index (κ1) is 14.8. The second kappa shape index (κ2) is 6.60. The SMILES string of the molecule is C#CCn1ncc(NC(CC)C(C)C)c(Br)c1=O. The van der Waals surface area contributed by atoms with Crippen molar-refractivity contribution in [3.63, 3.8) is 0 Å². The van der Waals surface area contributed by atoms with Gasteiger partial charge in [-0.2, -0.15) is 5.10 Å². The van der Waals surface area contributed by atoms with Gasteiger partial charge in [-0.3, -0.25) is 4.79 Å². The van der Waals surface area contributed by atoms with Crippen molar-refractivity contribution in [2.24, 2.45) is 5.92 Å². The van der Waals surface area contributed by atoms with Crippen LogP contribution in [-0.4, -0.2) is 15.8 Å². The maximum absolute atomic E-state index is 11.9. The highest BCUT2D eigenvalue weighted by atomic mass is 79.9. The minimum Gasteiger partial charge on any atom is -0.380 e. The normalized spacial score (nSPS) is 12.2. The van der Waals surface area contributed by atoms with Crippen LogP contribution in [0, 0.1) is 18.3 Å². The highest BCUT2D eigenvalue weighted by Crippen LogP contribution is 2.20. The van der Waals surface area contributed by atoms with Crippen LogP contribution in [0.25, 0.3) is 0 Å². The molecule has 1 unspecified atom stereocenters. The van der Waals surface area contributed by atoms with Gasteiger partial charge in [0, 0.05) is 6.04 Å². The molecule has 0 bridgehead atoms. The van der Waals surface area contributed by atoms with Crippen molar-refractivity contribution in [3.8, 4) is 12.3 Å². The Labute approximate surface area is 116 Å². The Morgan fingerprint density at radius 2 is 2.28 bits per heavy atom. The van der Waals surface area contributed by atoms with E-state index in [1.165, 1.54) is 4.68 Å². The Hall–Kier alpha value is -1.28. The molecule has 0 aliphatic rings. The fourth-order valence-corrected chi connectivity index (χ4v) is 2.13. The first-order valence-electron chi connectivity index (χ1n) is 5.96. The van der Waals surface area contributed by atoms with Crippen LogP contribution in [0.4, 0.5) is 5.69 Å². The summed E-state index contributed by atoms with van der Waals surface area (Å²) in [5, 5.41) is 7.38. The Balaban J connectivity index is 3.02. The van der Waals surface area contributed by atoms with Gasteiger partial charge in [0.05, 0.1) is 11.9 Å². The van der Waals surface area contributed by atoms with Crippen molar-refractivity contribution in [1.29, 1.82) is 0 Å². The van der Waals surface area contributed by atoms with Crippen LogP contribution in [0.3, 0.4) is 0 Å². The van der Waals surface area contributed by atoms with Gasteiger partial charge >= 0.3 is 0 Å². The van der Waals surface area contributed by atoms with Crippen LogP contribution in [0.1, 0.15) is 27.2 Å². The quantitative estimate of drug-likeness (QED) is 0.850. The first-order chi connectivity index (χ1) is 8.51. The number of rotatable bonds is 5. The van der Waals surface area contributed by atoms with Gasteiger partial charge in [0.25, 0.3) is 5.56 Å². The largest absolute Gasteiger partial charge is 0.380 e. The van der Waals surface area contributed by atoms with E-state index in [1.54, 1.807) is 6.20 Å². The Morgan fingerprint density at radius 3 is 2.78 bits per heavy atom. The predicted molar refractivity (Wildman–Crippen MR) is 77.6 cm³/mol. The van der Waals surface area contributed by atoms with Gasteiger partial charge in [-0.15, -0.1) is 6.42 Å². The molecule has 1 aromatic rings. The van der Waals surface area contributed by atoms with Gasteiger partial charge in [-0.25, -0.2) is 4.68 Å². The monoisotopic (exact) mass is 311 g/mol. The zero-order valence-corrected chi connectivity index (χ0v) is 12.5. The lowest BCUT2D eigenvalue weighted by atomic mass is 10.0.